The van der Waals surface area contributed by atoms with E-state index >= 15 is 0 Å². The van der Waals surface area contributed by atoms with Gasteiger partial charge in [0.05, 0.1) is 5.56 Å². The van der Waals surface area contributed by atoms with E-state index < -0.39 is 5.97 Å². The average Bonchev–Trinajstić information content (AvgIpc) is 2.51. The van der Waals surface area contributed by atoms with Crippen molar-refractivity contribution in [3.05, 3.63) is 66.2 Å². The Morgan fingerprint density at radius 1 is 0.810 bits per heavy atom. The van der Waals surface area contributed by atoms with Crippen LogP contribution in [-0.2, 0) is 0 Å². The number of hydrogen-bond donors (Lipinski definition) is 2. The van der Waals surface area contributed by atoms with Crippen LogP contribution in [0.4, 0.5) is 11.4 Å². The second-order valence-electron chi connectivity index (χ2n) is 4.71. The molecule has 0 atom stereocenters. The Hall–Kier alpha value is -3.01. The lowest BCUT2D eigenvalue weighted by Gasteiger charge is -2.09. The molecule has 0 aliphatic heterocycles. The van der Waals surface area contributed by atoms with E-state index in [1.165, 1.54) is 0 Å². The Labute approximate surface area is 121 Å². The van der Waals surface area contributed by atoms with Crippen molar-refractivity contribution in [1.29, 1.82) is 0 Å². The molecule has 104 valence electrons. The summed E-state index contributed by atoms with van der Waals surface area (Å²) in [6.07, 6.45) is 0. The van der Waals surface area contributed by atoms with E-state index in [0.29, 0.717) is 22.7 Å². The molecule has 0 amide bonds. The first-order chi connectivity index (χ1) is 10.1. The number of rotatable bonds is 2. The predicted molar refractivity (Wildman–Crippen MR) is 84.2 cm³/mol. The average molecular weight is 278 g/mol. The number of carbonyl (C=O) groups is 1. The van der Waals surface area contributed by atoms with Gasteiger partial charge in [-0.2, -0.15) is 0 Å². The minimum atomic E-state index is -0.426. The van der Waals surface area contributed by atoms with Crippen LogP contribution in [0.25, 0.3) is 10.8 Å². The minimum absolute atomic E-state index is 0.426. The van der Waals surface area contributed by atoms with Crippen molar-refractivity contribution in [2.75, 3.05) is 11.5 Å². The number of benzene rings is 3. The van der Waals surface area contributed by atoms with Crippen molar-refractivity contribution >= 4 is 28.1 Å². The first-order valence-corrected chi connectivity index (χ1v) is 6.50. The molecule has 0 radical (unpaired) electrons. The summed E-state index contributed by atoms with van der Waals surface area (Å²) in [4.78, 5) is 12.2. The second kappa shape index (κ2) is 5.17. The van der Waals surface area contributed by atoms with E-state index in [1.54, 1.807) is 36.4 Å². The highest BCUT2D eigenvalue weighted by atomic mass is 16.5. The molecule has 21 heavy (non-hydrogen) atoms. The van der Waals surface area contributed by atoms with E-state index in [0.717, 1.165) is 10.8 Å². The van der Waals surface area contributed by atoms with Gasteiger partial charge in [-0.1, -0.05) is 24.3 Å². The van der Waals surface area contributed by atoms with Crippen molar-refractivity contribution in [2.24, 2.45) is 0 Å². The molecule has 3 rings (SSSR count). The zero-order valence-electron chi connectivity index (χ0n) is 11.2. The topological polar surface area (TPSA) is 78.3 Å². The number of hydrogen-bond acceptors (Lipinski definition) is 4. The number of nitrogens with two attached hydrogens (primary N) is 2. The quantitative estimate of drug-likeness (QED) is 0.428. The lowest BCUT2D eigenvalue weighted by Crippen LogP contribution is -2.09. The SMILES string of the molecule is Nc1ccc(C(=O)Oc2ccc(N)c3ccccc23)cc1. The van der Waals surface area contributed by atoms with Gasteiger partial charge in [-0.15, -0.1) is 0 Å². The van der Waals surface area contributed by atoms with Gasteiger partial charge in [0, 0.05) is 22.1 Å². The highest BCUT2D eigenvalue weighted by Gasteiger charge is 2.11. The first kappa shape index (κ1) is 13.0. The Kier molecular flexibility index (Phi) is 3.20. The van der Waals surface area contributed by atoms with E-state index in [1.807, 2.05) is 24.3 Å². The van der Waals surface area contributed by atoms with Gasteiger partial charge in [0.2, 0.25) is 0 Å². The maximum absolute atomic E-state index is 12.2. The molecule has 0 heterocycles. The van der Waals surface area contributed by atoms with Crippen LogP contribution in [0, 0.1) is 0 Å². The van der Waals surface area contributed by atoms with Crippen LogP contribution in [0.2, 0.25) is 0 Å². The molecule has 4 heteroatoms. The van der Waals surface area contributed by atoms with Crippen LogP contribution in [0.5, 0.6) is 5.75 Å². The third kappa shape index (κ3) is 2.51. The number of ether oxygens (including phenoxy) is 1. The van der Waals surface area contributed by atoms with E-state index in [2.05, 4.69) is 0 Å². The Bertz CT molecular complexity index is 811. The van der Waals surface area contributed by atoms with Crippen LogP contribution in [0.1, 0.15) is 10.4 Å². The van der Waals surface area contributed by atoms with Crippen LogP contribution in [0.15, 0.2) is 60.7 Å². The molecule has 4 nitrogen and oxygen atoms in total. The Morgan fingerprint density at radius 3 is 2.19 bits per heavy atom. The molecule has 0 aliphatic carbocycles. The largest absolute Gasteiger partial charge is 0.422 e. The van der Waals surface area contributed by atoms with Crippen molar-refractivity contribution in [3.63, 3.8) is 0 Å². The van der Waals surface area contributed by atoms with Gasteiger partial charge in [0.25, 0.3) is 0 Å². The smallest absolute Gasteiger partial charge is 0.343 e. The summed E-state index contributed by atoms with van der Waals surface area (Å²) in [5.41, 5.74) is 13.2. The number of carbonyl (C=O) groups excluding carboxylic acids is 1. The normalized spacial score (nSPS) is 10.5. The first-order valence-electron chi connectivity index (χ1n) is 6.50. The lowest BCUT2D eigenvalue weighted by molar-refractivity contribution is 0.0737. The fourth-order valence-electron chi connectivity index (χ4n) is 2.16. The monoisotopic (exact) mass is 278 g/mol. The third-order valence-electron chi connectivity index (χ3n) is 3.27. The summed E-state index contributed by atoms with van der Waals surface area (Å²) < 4.78 is 5.47. The van der Waals surface area contributed by atoms with Crippen molar-refractivity contribution in [1.82, 2.24) is 0 Å². The fraction of sp³-hybridized carbons (Fsp3) is 0. The van der Waals surface area contributed by atoms with Gasteiger partial charge in [-0.3, -0.25) is 0 Å². The van der Waals surface area contributed by atoms with E-state index in [9.17, 15) is 4.79 Å². The molecule has 0 bridgehead atoms. The summed E-state index contributed by atoms with van der Waals surface area (Å²) >= 11 is 0. The third-order valence-corrected chi connectivity index (χ3v) is 3.27. The molecule has 0 aromatic heterocycles. The molecule has 0 saturated carbocycles. The van der Waals surface area contributed by atoms with Crippen molar-refractivity contribution in [2.45, 2.75) is 0 Å². The van der Waals surface area contributed by atoms with Crippen LogP contribution >= 0.6 is 0 Å². The van der Waals surface area contributed by atoms with E-state index in [4.69, 9.17) is 16.2 Å². The van der Waals surface area contributed by atoms with Crippen LogP contribution in [-0.4, -0.2) is 5.97 Å². The van der Waals surface area contributed by atoms with Crippen molar-refractivity contribution < 1.29 is 9.53 Å². The highest BCUT2D eigenvalue weighted by molar-refractivity contribution is 6.00. The zero-order chi connectivity index (χ0) is 14.8. The molecule has 4 N–H and O–H groups in total. The van der Waals surface area contributed by atoms with Gasteiger partial charge >= 0.3 is 5.97 Å². The summed E-state index contributed by atoms with van der Waals surface area (Å²) in [5, 5.41) is 1.67. The minimum Gasteiger partial charge on any atom is -0.422 e. The number of nitrogen functional groups attached to an aromatic ring is 2. The molecule has 0 saturated heterocycles. The molecule has 0 fully saturated rings. The molecule has 0 spiro atoms. The van der Waals surface area contributed by atoms with Gasteiger partial charge in [0.1, 0.15) is 5.75 Å². The summed E-state index contributed by atoms with van der Waals surface area (Å²) in [7, 11) is 0. The lowest BCUT2D eigenvalue weighted by atomic mass is 10.1. The summed E-state index contributed by atoms with van der Waals surface area (Å²) in [5.74, 6) is 0.0616. The molecule has 0 aliphatic rings. The molecule has 0 unspecified atom stereocenters. The van der Waals surface area contributed by atoms with Crippen molar-refractivity contribution in [3.8, 4) is 5.75 Å². The molecular formula is C17H14N2O2. The predicted octanol–water partition coefficient (Wildman–Crippen LogP) is 3.22. The molecule has 3 aromatic rings. The number of anilines is 2. The Morgan fingerprint density at radius 2 is 1.48 bits per heavy atom. The fourth-order valence-corrected chi connectivity index (χ4v) is 2.16. The van der Waals surface area contributed by atoms with Crippen LogP contribution < -0.4 is 16.2 Å². The number of esters is 1. The van der Waals surface area contributed by atoms with Gasteiger partial charge in [-0.05, 0) is 36.4 Å². The van der Waals surface area contributed by atoms with Gasteiger partial charge in [-0.25, -0.2) is 4.79 Å². The molecule has 3 aromatic carbocycles. The maximum atomic E-state index is 12.2. The summed E-state index contributed by atoms with van der Waals surface area (Å²) in [6.45, 7) is 0. The van der Waals surface area contributed by atoms with Gasteiger partial charge < -0.3 is 16.2 Å². The standard InChI is InChI=1S/C17H14N2O2/c18-12-7-5-11(6-8-12)17(20)21-16-10-9-15(19)13-3-1-2-4-14(13)16/h1-10H,18-19H2. The van der Waals surface area contributed by atoms with Crippen LogP contribution in [0.3, 0.4) is 0 Å². The summed E-state index contributed by atoms with van der Waals surface area (Å²) in [6, 6.07) is 17.6. The zero-order valence-corrected chi connectivity index (χ0v) is 11.2. The highest BCUT2D eigenvalue weighted by Crippen LogP contribution is 2.30. The maximum Gasteiger partial charge on any atom is 0.343 e. The van der Waals surface area contributed by atoms with E-state index in [-0.39, 0.29) is 0 Å². The number of fused-ring (bicyclic) bond motifs is 1. The molecular weight excluding hydrogens is 264 g/mol. The Balaban J connectivity index is 1.97. The van der Waals surface area contributed by atoms with Gasteiger partial charge in [0.15, 0.2) is 0 Å². The second-order valence-corrected chi connectivity index (χ2v) is 4.71.